The number of amides is 1. The van der Waals surface area contributed by atoms with Crippen molar-refractivity contribution in [1.82, 2.24) is 4.57 Å². The van der Waals surface area contributed by atoms with E-state index in [0.717, 1.165) is 15.8 Å². The second kappa shape index (κ2) is 8.09. The lowest BCUT2D eigenvalue weighted by molar-refractivity contribution is -0.120. The zero-order valence-corrected chi connectivity index (χ0v) is 15.1. The standard InChI is InChI=1S/C19H20N2O3S/c1-14-7-6-10-16-18(14)21(11-12-23-2)19(25-16)20-17(22)13-24-15-8-4-3-5-9-15/h3-10H,11-13H2,1-2H3. The first-order chi connectivity index (χ1) is 12.2. The maximum Gasteiger partial charge on any atom is 0.286 e. The van der Waals surface area contributed by atoms with Crippen molar-refractivity contribution < 1.29 is 14.3 Å². The number of carbonyl (C=O) groups is 1. The first-order valence-electron chi connectivity index (χ1n) is 8.02. The molecular weight excluding hydrogens is 336 g/mol. The molecule has 0 atom stereocenters. The Hall–Kier alpha value is -2.44. The van der Waals surface area contributed by atoms with Gasteiger partial charge in [-0.2, -0.15) is 4.99 Å². The highest BCUT2D eigenvalue weighted by Crippen LogP contribution is 2.20. The molecule has 3 aromatic rings. The van der Waals surface area contributed by atoms with E-state index < -0.39 is 0 Å². The number of hydrogen-bond donors (Lipinski definition) is 0. The molecule has 5 nitrogen and oxygen atoms in total. The molecule has 130 valence electrons. The second-order valence-electron chi connectivity index (χ2n) is 5.56. The van der Waals surface area contributed by atoms with Gasteiger partial charge in [0.2, 0.25) is 0 Å². The predicted octanol–water partition coefficient (Wildman–Crippen LogP) is 3.16. The van der Waals surface area contributed by atoms with Crippen molar-refractivity contribution in [3.8, 4) is 5.75 Å². The molecule has 25 heavy (non-hydrogen) atoms. The van der Waals surface area contributed by atoms with Crippen LogP contribution < -0.4 is 9.54 Å². The van der Waals surface area contributed by atoms with E-state index in [-0.39, 0.29) is 12.5 Å². The van der Waals surface area contributed by atoms with Gasteiger partial charge >= 0.3 is 0 Å². The lowest BCUT2D eigenvalue weighted by atomic mass is 10.2. The molecule has 1 heterocycles. The number of carbonyl (C=O) groups excluding carboxylic acids is 1. The van der Waals surface area contributed by atoms with Crippen molar-refractivity contribution in [3.63, 3.8) is 0 Å². The van der Waals surface area contributed by atoms with E-state index in [1.54, 1.807) is 7.11 Å². The zero-order chi connectivity index (χ0) is 17.6. The summed E-state index contributed by atoms with van der Waals surface area (Å²) >= 11 is 1.50. The van der Waals surface area contributed by atoms with Crippen LogP contribution in [0.1, 0.15) is 5.56 Å². The molecule has 0 radical (unpaired) electrons. The Kier molecular flexibility index (Phi) is 5.63. The molecular formula is C19H20N2O3S. The molecule has 6 heteroatoms. The van der Waals surface area contributed by atoms with Crippen LogP contribution in [0.2, 0.25) is 0 Å². The van der Waals surface area contributed by atoms with E-state index in [0.29, 0.717) is 23.7 Å². The van der Waals surface area contributed by atoms with Crippen LogP contribution in [0.4, 0.5) is 0 Å². The van der Waals surface area contributed by atoms with Gasteiger partial charge < -0.3 is 14.0 Å². The summed E-state index contributed by atoms with van der Waals surface area (Å²) < 4.78 is 13.8. The van der Waals surface area contributed by atoms with Gasteiger partial charge in [-0.15, -0.1) is 0 Å². The van der Waals surface area contributed by atoms with Gasteiger partial charge in [-0.05, 0) is 30.7 Å². The molecule has 0 aliphatic heterocycles. The van der Waals surface area contributed by atoms with E-state index in [1.165, 1.54) is 11.3 Å². The molecule has 1 amide bonds. The Morgan fingerprint density at radius 1 is 1.16 bits per heavy atom. The van der Waals surface area contributed by atoms with Crippen LogP contribution >= 0.6 is 11.3 Å². The lowest BCUT2D eigenvalue weighted by Gasteiger charge is -2.06. The average Bonchev–Trinajstić information content (AvgIpc) is 2.97. The Balaban J connectivity index is 1.89. The smallest absolute Gasteiger partial charge is 0.286 e. The number of methoxy groups -OCH3 is 1. The number of fused-ring (bicyclic) bond motifs is 1. The van der Waals surface area contributed by atoms with Crippen LogP contribution in [0.5, 0.6) is 5.75 Å². The first kappa shape index (κ1) is 17.4. The molecule has 0 fully saturated rings. The number of ether oxygens (including phenoxy) is 2. The van der Waals surface area contributed by atoms with E-state index in [9.17, 15) is 4.79 Å². The van der Waals surface area contributed by atoms with E-state index in [4.69, 9.17) is 9.47 Å². The minimum absolute atomic E-state index is 0.0818. The van der Waals surface area contributed by atoms with Crippen LogP contribution in [0.15, 0.2) is 53.5 Å². The topological polar surface area (TPSA) is 52.8 Å². The van der Waals surface area contributed by atoms with Crippen LogP contribution in [0.25, 0.3) is 10.2 Å². The second-order valence-corrected chi connectivity index (χ2v) is 6.57. The Labute approximate surface area is 150 Å². The van der Waals surface area contributed by atoms with Crippen molar-refractivity contribution in [2.45, 2.75) is 13.5 Å². The quantitative estimate of drug-likeness (QED) is 0.682. The maximum atomic E-state index is 12.2. The third-order valence-corrected chi connectivity index (χ3v) is 4.79. The van der Waals surface area contributed by atoms with Crippen LogP contribution in [0.3, 0.4) is 0 Å². The molecule has 3 rings (SSSR count). The normalized spacial score (nSPS) is 11.8. The SMILES string of the molecule is COCCn1c(=NC(=O)COc2ccccc2)sc2cccc(C)c21. The minimum Gasteiger partial charge on any atom is -0.484 e. The van der Waals surface area contributed by atoms with Gasteiger partial charge in [-0.3, -0.25) is 4.79 Å². The summed E-state index contributed by atoms with van der Waals surface area (Å²) in [6, 6.07) is 15.4. The molecule has 0 saturated heterocycles. The van der Waals surface area contributed by atoms with Crippen LogP contribution in [0, 0.1) is 6.92 Å². The third kappa shape index (κ3) is 4.15. The molecule has 0 bridgehead atoms. The number of rotatable bonds is 6. The summed E-state index contributed by atoms with van der Waals surface area (Å²) in [7, 11) is 1.66. The number of hydrogen-bond acceptors (Lipinski definition) is 4. The Morgan fingerprint density at radius 2 is 1.96 bits per heavy atom. The summed E-state index contributed by atoms with van der Waals surface area (Å²) in [5.74, 6) is 0.352. The van der Waals surface area contributed by atoms with E-state index in [2.05, 4.69) is 18.0 Å². The van der Waals surface area contributed by atoms with Crippen molar-refractivity contribution in [2.24, 2.45) is 4.99 Å². The highest BCUT2D eigenvalue weighted by Gasteiger charge is 2.10. The monoisotopic (exact) mass is 356 g/mol. The zero-order valence-electron chi connectivity index (χ0n) is 14.3. The summed E-state index contributed by atoms with van der Waals surface area (Å²) in [6.07, 6.45) is 0. The lowest BCUT2D eigenvalue weighted by Crippen LogP contribution is -2.21. The summed E-state index contributed by atoms with van der Waals surface area (Å²) in [4.78, 5) is 17.2. The largest absolute Gasteiger partial charge is 0.484 e. The highest BCUT2D eigenvalue weighted by molar-refractivity contribution is 7.16. The van der Waals surface area contributed by atoms with Gasteiger partial charge in [0, 0.05) is 13.7 Å². The fourth-order valence-electron chi connectivity index (χ4n) is 2.58. The fraction of sp³-hybridized carbons (Fsp3) is 0.263. The van der Waals surface area contributed by atoms with E-state index >= 15 is 0 Å². The van der Waals surface area contributed by atoms with Crippen molar-refractivity contribution in [1.29, 1.82) is 0 Å². The third-order valence-electron chi connectivity index (χ3n) is 3.75. The van der Waals surface area contributed by atoms with Crippen molar-refractivity contribution in [3.05, 3.63) is 58.9 Å². The number of thiazole rings is 1. The molecule has 0 N–H and O–H groups in total. The summed E-state index contributed by atoms with van der Waals surface area (Å²) in [5.41, 5.74) is 2.25. The Bertz CT molecular complexity index is 929. The molecule has 1 aromatic heterocycles. The van der Waals surface area contributed by atoms with Crippen molar-refractivity contribution in [2.75, 3.05) is 20.3 Å². The number of para-hydroxylation sites is 2. The summed E-state index contributed by atoms with van der Waals surface area (Å²) in [6.45, 7) is 3.18. The fourth-order valence-corrected chi connectivity index (χ4v) is 3.73. The number of benzene rings is 2. The van der Waals surface area contributed by atoms with Gasteiger partial charge in [0.25, 0.3) is 5.91 Å². The number of aryl methyl sites for hydroxylation is 1. The molecule has 0 unspecified atom stereocenters. The van der Waals surface area contributed by atoms with Gasteiger partial charge in [-0.25, -0.2) is 0 Å². The predicted molar refractivity (Wildman–Crippen MR) is 98.9 cm³/mol. The van der Waals surface area contributed by atoms with Crippen LogP contribution in [-0.2, 0) is 16.1 Å². The van der Waals surface area contributed by atoms with Gasteiger partial charge in [-0.1, -0.05) is 41.7 Å². The number of nitrogens with zero attached hydrogens (tertiary/aromatic N) is 2. The number of aromatic nitrogens is 1. The van der Waals surface area contributed by atoms with Gasteiger partial charge in [0.15, 0.2) is 11.4 Å². The molecule has 0 spiro atoms. The Morgan fingerprint density at radius 3 is 2.72 bits per heavy atom. The van der Waals surface area contributed by atoms with Gasteiger partial charge in [0.1, 0.15) is 5.75 Å². The minimum atomic E-state index is -0.306. The molecule has 0 aliphatic carbocycles. The summed E-state index contributed by atoms with van der Waals surface area (Å²) in [5, 5.41) is 0. The maximum absolute atomic E-state index is 12.2. The average molecular weight is 356 g/mol. The van der Waals surface area contributed by atoms with Crippen molar-refractivity contribution >= 4 is 27.5 Å². The van der Waals surface area contributed by atoms with E-state index in [1.807, 2.05) is 47.0 Å². The van der Waals surface area contributed by atoms with Gasteiger partial charge in [0.05, 0.1) is 16.8 Å². The molecule has 0 saturated carbocycles. The molecule has 0 aliphatic rings. The highest BCUT2D eigenvalue weighted by atomic mass is 32.1. The molecule has 2 aromatic carbocycles. The first-order valence-corrected chi connectivity index (χ1v) is 8.84. The van der Waals surface area contributed by atoms with Crippen LogP contribution in [-0.4, -0.2) is 30.8 Å².